The molecule has 16 heavy (non-hydrogen) atoms. The molecule has 1 aromatic rings. The zero-order chi connectivity index (χ0) is 12.2. The van der Waals surface area contributed by atoms with Crippen molar-refractivity contribution in [3.05, 3.63) is 16.1 Å². The minimum atomic E-state index is -0.626. The number of thiazole rings is 1. The lowest BCUT2D eigenvalue weighted by Crippen LogP contribution is -2.38. The molecule has 0 aliphatic carbocycles. The number of aliphatic hydroxyl groups is 1. The van der Waals surface area contributed by atoms with Crippen LogP contribution in [0.5, 0.6) is 0 Å². The number of hydrogen-bond donors (Lipinski definition) is 2. The monoisotopic (exact) mass is 242 g/mol. The van der Waals surface area contributed by atoms with E-state index in [1.165, 1.54) is 4.88 Å². The lowest BCUT2D eigenvalue weighted by atomic mass is 10.0. The van der Waals surface area contributed by atoms with Crippen molar-refractivity contribution in [2.45, 2.75) is 52.2 Å². The van der Waals surface area contributed by atoms with Crippen LogP contribution in [0.25, 0.3) is 0 Å². The Kier molecular flexibility index (Phi) is 4.89. The van der Waals surface area contributed by atoms with Crippen LogP contribution >= 0.6 is 11.3 Å². The third kappa shape index (κ3) is 3.85. The normalized spacial score (nSPS) is 17.1. The Hall–Kier alpha value is -0.450. The molecule has 2 N–H and O–H groups in total. The Morgan fingerprint density at radius 1 is 1.56 bits per heavy atom. The summed E-state index contributed by atoms with van der Waals surface area (Å²) in [7, 11) is 0. The number of nitrogens with zero attached hydrogens (tertiary/aromatic N) is 1. The molecular weight excluding hydrogens is 220 g/mol. The summed E-state index contributed by atoms with van der Waals surface area (Å²) >= 11 is 1.74. The molecule has 4 heteroatoms. The van der Waals surface area contributed by atoms with E-state index in [-0.39, 0.29) is 6.04 Å². The van der Waals surface area contributed by atoms with Crippen LogP contribution in [0.2, 0.25) is 0 Å². The van der Waals surface area contributed by atoms with Crippen LogP contribution in [0.15, 0.2) is 6.20 Å². The largest absolute Gasteiger partial charge is 0.389 e. The van der Waals surface area contributed by atoms with Gasteiger partial charge >= 0.3 is 0 Å². The molecule has 0 spiro atoms. The van der Waals surface area contributed by atoms with Crippen molar-refractivity contribution >= 4 is 11.3 Å². The van der Waals surface area contributed by atoms with E-state index < -0.39 is 5.60 Å². The molecule has 0 amide bonds. The molecule has 0 aromatic carbocycles. The average molecular weight is 242 g/mol. The van der Waals surface area contributed by atoms with Crippen molar-refractivity contribution in [3.63, 3.8) is 0 Å². The first-order valence-corrected chi connectivity index (χ1v) is 6.70. The van der Waals surface area contributed by atoms with E-state index in [9.17, 15) is 5.11 Å². The second-order valence-corrected chi connectivity index (χ2v) is 5.62. The minimum absolute atomic E-state index is 0.211. The van der Waals surface area contributed by atoms with Crippen molar-refractivity contribution in [2.75, 3.05) is 6.54 Å². The Morgan fingerprint density at radius 3 is 2.75 bits per heavy atom. The highest BCUT2D eigenvalue weighted by Gasteiger charge is 2.19. The summed E-state index contributed by atoms with van der Waals surface area (Å²) in [6.45, 7) is 8.67. The van der Waals surface area contributed by atoms with Crippen molar-refractivity contribution in [2.24, 2.45) is 0 Å². The van der Waals surface area contributed by atoms with Gasteiger partial charge in [0.1, 0.15) is 5.01 Å². The first kappa shape index (κ1) is 13.6. The van der Waals surface area contributed by atoms with Gasteiger partial charge in [-0.25, -0.2) is 4.98 Å². The maximum Gasteiger partial charge on any atom is 0.109 e. The fraction of sp³-hybridized carbons (Fsp3) is 0.750. The third-order valence-electron chi connectivity index (χ3n) is 2.84. The van der Waals surface area contributed by atoms with E-state index in [4.69, 9.17) is 0 Å². The van der Waals surface area contributed by atoms with Gasteiger partial charge in [0.25, 0.3) is 0 Å². The van der Waals surface area contributed by atoms with Gasteiger partial charge in [-0.3, -0.25) is 0 Å². The predicted octanol–water partition coefficient (Wildman–Crippen LogP) is 2.52. The van der Waals surface area contributed by atoms with Gasteiger partial charge in [-0.15, -0.1) is 11.3 Å². The topological polar surface area (TPSA) is 45.2 Å². The van der Waals surface area contributed by atoms with Gasteiger partial charge in [0.15, 0.2) is 0 Å². The molecule has 2 atom stereocenters. The van der Waals surface area contributed by atoms with Gasteiger partial charge in [-0.1, -0.05) is 13.8 Å². The quantitative estimate of drug-likeness (QED) is 0.805. The van der Waals surface area contributed by atoms with Crippen LogP contribution in [-0.4, -0.2) is 22.2 Å². The zero-order valence-corrected chi connectivity index (χ0v) is 11.4. The highest BCUT2D eigenvalue weighted by Crippen LogP contribution is 2.20. The van der Waals surface area contributed by atoms with Gasteiger partial charge in [-0.2, -0.15) is 0 Å². The van der Waals surface area contributed by atoms with Crippen LogP contribution in [0.4, 0.5) is 0 Å². The van der Waals surface area contributed by atoms with Gasteiger partial charge < -0.3 is 10.4 Å². The van der Waals surface area contributed by atoms with E-state index in [0.29, 0.717) is 6.54 Å². The number of rotatable bonds is 6. The first-order valence-electron chi connectivity index (χ1n) is 5.89. The molecule has 0 radical (unpaired) electrons. The standard InChI is InChI=1S/C12H22N2OS/c1-5-10-7-13-11(16-10)9(3)14-8-12(4,15)6-2/h7,9,14-15H,5-6,8H2,1-4H3. The van der Waals surface area contributed by atoms with Crippen LogP contribution in [0.1, 0.15) is 50.0 Å². The van der Waals surface area contributed by atoms with E-state index >= 15 is 0 Å². The molecule has 0 aliphatic rings. The lowest BCUT2D eigenvalue weighted by Gasteiger charge is -2.23. The molecule has 92 valence electrons. The number of aromatic nitrogens is 1. The predicted molar refractivity (Wildman–Crippen MR) is 68.8 cm³/mol. The highest BCUT2D eigenvalue weighted by molar-refractivity contribution is 7.11. The van der Waals surface area contributed by atoms with Crippen molar-refractivity contribution < 1.29 is 5.11 Å². The summed E-state index contributed by atoms with van der Waals surface area (Å²) in [6, 6.07) is 0.211. The van der Waals surface area contributed by atoms with E-state index in [1.54, 1.807) is 11.3 Å². The van der Waals surface area contributed by atoms with Crippen LogP contribution < -0.4 is 5.32 Å². The molecule has 1 aromatic heterocycles. The Morgan fingerprint density at radius 2 is 2.25 bits per heavy atom. The molecule has 2 unspecified atom stereocenters. The van der Waals surface area contributed by atoms with Crippen molar-refractivity contribution in [1.82, 2.24) is 10.3 Å². The third-order valence-corrected chi connectivity index (χ3v) is 4.17. The van der Waals surface area contributed by atoms with Gasteiger partial charge in [-0.05, 0) is 26.7 Å². The fourth-order valence-corrected chi connectivity index (χ4v) is 2.16. The molecule has 0 bridgehead atoms. The number of aryl methyl sites for hydroxylation is 1. The van der Waals surface area contributed by atoms with Gasteiger partial charge in [0, 0.05) is 17.6 Å². The molecule has 1 heterocycles. The van der Waals surface area contributed by atoms with Gasteiger partial charge in [0.05, 0.1) is 11.6 Å². The maximum absolute atomic E-state index is 9.89. The fourth-order valence-electron chi connectivity index (χ4n) is 1.27. The summed E-state index contributed by atoms with van der Waals surface area (Å²) < 4.78 is 0. The van der Waals surface area contributed by atoms with Crippen LogP contribution in [0.3, 0.4) is 0 Å². The van der Waals surface area contributed by atoms with E-state index in [0.717, 1.165) is 17.8 Å². The molecule has 0 aliphatic heterocycles. The summed E-state index contributed by atoms with van der Waals surface area (Å²) in [4.78, 5) is 5.70. The molecule has 1 rings (SSSR count). The Labute approximate surface area is 102 Å². The summed E-state index contributed by atoms with van der Waals surface area (Å²) in [6.07, 6.45) is 3.73. The van der Waals surface area contributed by atoms with Crippen molar-refractivity contribution in [1.29, 1.82) is 0 Å². The van der Waals surface area contributed by atoms with Crippen LogP contribution in [0, 0.1) is 0 Å². The van der Waals surface area contributed by atoms with Crippen LogP contribution in [-0.2, 0) is 6.42 Å². The summed E-state index contributed by atoms with van der Waals surface area (Å²) in [5, 5.41) is 14.3. The molecular formula is C12H22N2OS. The highest BCUT2D eigenvalue weighted by atomic mass is 32.1. The van der Waals surface area contributed by atoms with E-state index in [2.05, 4.69) is 24.1 Å². The van der Waals surface area contributed by atoms with Crippen molar-refractivity contribution in [3.8, 4) is 0 Å². The summed E-state index contributed by atoms with van der Waals surface area (Å²) in [5.74, 6) is 0. The van der Waals surface area contributed by atoms with E-state index in [1.807, 2.05) is 20.0 Å². The SMILES string of the molecule is CCc1cnc(C(C)NCC(C)(O)CC)s1. The molecule has 0 fully saturated rings. The second-order valence-electron chi connectivity index (χ2n) is 4.47. The molecule has 0 saturated heterocycles. The first-order chi connectivity index (χ1) is 7.48. The molecule has 3 nitrogen and oxygen atoms in total. The average Bonchev–Trinajstić information content (AvgIpc) is 2.74. The van der Waals surface area contributed by atoms with Gasteiger partial charge in [0.2, 0.25) is 0 Å². The lowest BCUT2D eigenvalue weighted by molar-refractivity contribution is 0.0533. The Balaban J connectivity index is 2.49. The number of hydrogen-bond acceptors (Lipinski definition) is 4. The molecule has 0 saturated carbocycles. The Bertz CT molecular complexity index is 323. The minimum Gasteiger partial charge on any atom is -0.389 e. The number of nitrogens with one attached hydrogen (secondary N) is 1. The summed E-state index contributed by atoms with van der Waals surface area (Å²) in [5.41, 5.74) is -0.626. The second kappa shape index (κ2) is 5.75. The smallest absolute Gasteiger partial charge is 0.109 e. The maximum atomic E-state index is 9.89. The zero-order valence-electron chi connectivity index (χ0n) is 10.6.